The highest BCUT2D eigenvalue weighted by Crippen LogP contribution is 1.72. The van der Waals surface area contributed by atoms with Crippen LogP contribution in [0.4, 0.5) is 0 Å². The molecule has 0 fully saturated rings. The van der Waals surface area contributed by atoms with Crippen molar-refractivity contribution in [1.29, 1.82) is 0 Å². The van der Waals surface area contributed by atoms with Crippen molar-refractivity contribution in [2.24, 2.45) is 0 Å². The summed E-state index contributed by atoms with van der Waals surface area (Å²) in [5.41, 5.74) is 0. The van der Waals surface area contributed by atoms with Crippen LogP contribution in [0.2, 0.25) is 0 Å². The molecule has 0 aliphatic heterocycles. The Morgan fingerprint density at radius 3 is 1.75 bits per heavy atom. The molecule has 0 saturated heterocycles. The number of hydrogen-bond acceptors (Lipinski definition) is 2. The van der Waals surface area contributed by atoms with Gasteiger partial charge in [-0.25, -0.2) is 0 Å². The van der Waals surface area contributed by atoms with Crippen molar-refractivity contribution in [3.63, 3.8) is 0 Å². The molecule has 0 aromatic carbocycles. The predicted molar refractivity (Wildman–Crippen MR) is 59.0 cm³/mol. The van der Waals surface area contributed by atoms with Crippen molar-refractivity contribution in [3.05, 3.63) is 25.3 Å². The Bertz CT molecular complexity index is 74.6. The predicted octanol–water partition coefficient (Wildman–Crippen LogP) is 1.88. The lowest BCUT2D eigenvalue weighted by Gasteiger charge is -1.89. The van der Waals surface area contributed by atoms with E-state index in [0.29, 0.717) is 19.8 Å². The second kappa shape index (κ2) is 22.4. The van der Waals surface area contributed by atoms with Gasteiger partial charge in [-0.05, 0) is 6.42 Å². The summed E-state index contributed by atoms with van der Waals surface area (Å²) in [5, 5.41) is 7.88. The van der Waals surface area contributed by atoms with Crippen LogP contribution >= 0.6 is 13.5 Å². The number of aliphatic hydroxyl groups is 1. The summed E-state index contributed by atoms with van der Waals surface area (Å²) in [6.07, 6.45) is 4.30. The summed E-state index contributed by atoms with van der Waals surface area (Å²) < 4.78 is 4.90. The standard InChI is InChI=1S/C6H10O.C3H8O.H2S/c1-3-5-7-6-4-2;1-2-3-4;/h3-4H,1-2,5-6H2;4H,2-3H2,1H3;1H2. The quantitative estimate of drug-likeness (QED) is 0.532. The van der Waals surface area contributed by atoms with Gasteiger partial charge in [0.05, 0.1) is 13.2 Å². The van der Waals surface area contributed by atoms with Crippen molar-refractivity contribution in [2.45, 2.75) is 13.3 Å². The molecule has 0 rings (SSSR count). The van der Waals surface area contributed by atoms with E-state index in [2.05, 4.69) is 13.2 Å². The average Bonchev–Trinajstić information content (AvgIpc) is 2.06. The Labute approximate surface area is 82.4 Å². The highest BCUT2D eigenvalue weighted by atomic mass is 32.1. The van der Waals surface area contributed by atoms with E-state index in [4.69, 9.17) is 9.84 Å². The summed E-state index contributed by atoms with van der Waals surface area (Å²) in [4.78, 5) is 0. The molecule has 0 heterocycles. The normalized spacial score (nSPS) is 7.17. The van der Waals surface area contributed by atoms with E-state index in [9.17, 15) is 0 Å². The summed E-state index contributed by atoms with van der Waals surface area (Å²) >= 11 is 0. The maximum Gasteiger partial charge on any atom is 0.0649 e. The molecule has 0 atom stereocenters. The van der Waals surface area contributed by atoms with Gasteiger partial charge in [-0.1, -0.05) is 19.1 Å². The van der Waals surface area contributed by atoms with E-state index in [0.717, 1.165) is 6.42 Å². The molecule has 2 nitrogen and oxygen atoms in total. The molecule has 74 valence electrons. The first-order chi connectivity index (χ1) is 5.33. The van der Waals surface area contributed by atoms with Crippen molar-refractivity contribution in [2.75, 3.05) is 19.8 Å². The van der Waals surface area contributed by atoms with E-state index < -0.39 is 0 Å². The van der Waals surface area contributed by atoms with E-state index in [1.807, 2.05) is 6.92 Å². The van der Waals surface area contributed by atoms with Gasteiger partial charge in [-0.15, -0.1) is 13.2 Å². The Hall–Kier alpha value is -0.250. The Morgan fingerprint density at radius 2 is 1.58 bits per heavy atom. The summed E-state index contributed by atoms with van der Waals surface area (Å²) in [7, 11) is 0. The highest BCUT2D eigenvalue weighted by molar-refractivity contribution is 7.59. The lowest BCUT2D eigenvalue weighted by molar-refractivity contribution is 0.194. The van der Waals surface area contributed by atoms with Gasteiger partial charge in [0.1, 0.15) is 0 Å². The van der Waals surface area contributed by atoms with Crippen LogP contribution < -0.4 is 0 Å². The first-order valence-electron chi connectivity index (χ1n) is 3.73. The second-order valence-corrected chi connectivity index (χ2v) is 1.84. The largest absolute Gasteiger partial charge is 0.396 e. The number of rotatable bonds is 5. The molecule has 0 unspecified atom stereocenters. The average molecular weight is 192 g/mol. The minimum atomic E-state index is 0. The lowest BCUT2D eigenvalue weighted by Crippen LogP contribution is -1.87. The molecular weight excluding hydrogens is 172 g/mol. The molecule has 0 radical (unpaired) electrons. The van der Waals surface area contributed by atoms with Gasteiger partial charge < -0.3 is 9.84 Å². The van der Waals surface area contributed by atoms with Crippen LogP contribution in [0.1, 0.15) is 13.3 Å². The molecule has 0 aliphatic carbocycles. The zero-order valence-electron chi connectivity index (χ0n) is 7.75. The van der Waals surface area contributed by atoms with Crippen LogP contribution in [0, 0.1) is 0 Å². The van der Waals surface area contributed by atoms with E-state index in [1.54, 1.807) is 12.2 Å². The van der Waals surface area contributed by atoms with Gasteiger partial charge in [0.2, 0.25) is 0 Å². The molecular formula is C9H20O2S. The molecule has 0 saturated carbocycles. The third-order valence-electron chi connectivity index (χ3n) is 0.695. The zero-order valence-corrected chi connectivity index (χ0v) is 8.75. The van der Waals surface area contributed by atoms with Gasteiger partial charge in [-0.3, -0.25) is 0 Å². The third kappa shape index (κ3) is 33.1. The lowest BCUT2D eigenvalue weighted by atomic mass is 10.5. The van der Waals surface area contributed by atoms with Crippen molar-refractivity contribution >= 4 is 13.5 Å². The van der Waals surface area contributed by atoms with Crippen LogP contribution in [0.25, 0.3) is 0 Å². The van der Waals surface area contributed by atoms with Crippen molar-refractivity contribution in [3.8, 4) is 0 Å². The summed E-state index contributed by atoms with van der Waals surface area (Å²) in [5.74, 6) is 0. The fourth-order valence-corrected chi connectivity index (χ4v) is 0.235. The zero-order chi connectivity index (χ0) is 8.95. The van der Waals surface area contributed by atoms with Crippen LogP contribution in [-0.4, -0.2) is 24.9 Å². The Kier molecular flexibility index (Phi) is 33.1. The number of hydrogen-bond donors (Lipinski definition) is 1. The molecule has 1 N–H and O–H groups in total. The maximum absolute atomic E-state index is 7.88. The number of ether oxygens (including phenoxy) is 1. The van der Waals surface area contributed by atoms with E-state index in [-0.39, 0.29) is 13.5 Å². The minimum Gasteiger partial charge on any atom is -0.396 e. The molecule has 12 heavy (non-hydrogen) atoms. The first kappa shape index (κ1) is 17.7. The monoisotopic (exact) mass is 192 g/mol. The molecule has 0 aromatic heterocycles. The maximum atomic E-state index is 7.88. The van der Waals surface area contributed by atoms with Gasteiger partial charge in [0.25, 0.3) is 0 Å². The SMILES string of the molecule is C=CCOCC=C.CCCO.S. The van der Waals surface area contributed by atoms with Crippen LogP contribution in [0.3, 0.4) is 0 Å². The minimum absolute atomic E-state index is 0. The molecule has 0 bridgehead atoms. The highest BCUT2D eigenvalue weighted by Gasteiger charge is 1.70. The summed E-state index contributed by atoms with van der Waals surface area (Å²) in [6.45, 7) is 10.4. The molecule has 0 aromatic rings. The molecule has 0 amide bonds. The third-order valence-corrected chi connectivity index (χ3v) is 0.695. The van der Waals surface area contributed by atoms with Gasteiger partial charge >= 0.3 is 0 Å². The van der Waals surface area contributed by atoms with Crippen LogP contribution in [0.15, 0.2) is 25.3 Å². The van der Waals surface area contributed by atoms with E-state index >= 15 is 0 Å². The smallest absolute Gasteiger partial charge is 0.0649 e. The Morgan fingerprint density at radius 1 is 1.25 bits per heavy atom. The molecule has 0 aliphatic rings. The molecule has 0 spiro atoms. The molecule has 3 heteroatoms. The van der Waals surface area contributed by atoms with Gasteiger partial charge in [0, 0.05) is 6.61 Å². The topological polar surface area (TPSA) is 29.5 Å². The van der Waals surface area contributed by atoms with Crippen molar-refractivity contribution < 1.29 is 9.84 Å². The fraction of sp³-hybridized carbons (Fsp3) is 0.556. The fourth-order valence-electron chi connectivity index (χ4n) is 0.235. The second-order valence-electron chi connectivity index (χ2n) is 1.84. The van der Waals surface area contributed by atoms with Gasteiger partial charge in [0.15, 0.2) is 0 Å². The van der Waals surface area contributed by atoms with Gasteiger partial charge in [-0.2, -0.15) is 13.5 Å². The Balaban J connectivity index is -0.000000142. The van der Waals surface area contributed by atoms with E-state index in [1.165, 1.54) is 0 Å². The summed E-state index contributed by atoms with van der Waals surface area (Å²) in [6, 6.07) is 0. The first-order valence-corrected chi connectivity index (χ1v) is 3.73. The van der Waals surface area contributed by atoms with Crippen LogP contribution in [0.5, 0.6) is 0 Å². The van der Waals surface area contributed by atoms with Crippen LogP contribution in [-0.2, 0) is 4.74 Å². The number of aliphatic hydroxyl groups excluding tert-OH is 1. The van der Waals surface area contributed by atoms with Crippen molar-refractivity contribution in [1.82, 2.24) is 0 Å².